The van der Waals surface area contributed by atoms with Gasteiger partial charge < -0.3 is 4.74 Å². The Hall–Kier alpha value is -0.860. The van der Waals surface area contributed by atoms with E-state index < -0.39 is 0 Å². The summed E-state index contributed by atoms with van der Waals surface area (Å²) in [6, 6.07) is 0. The molecule has 0 radical (unpaired) electrons. The van der Waals surface area contributed by atoms with Crippen LogP contribution in [0.5, 0.6) is 0 Å². The molecule has 0 N–H and O–H groups in total. The average molecular weight is 361 g/mol. The molecule has 146 valence electrons. The maximum Gasteiger partial charge on any atom is 0.306 e. The van der Waals surface area contributed by atoms with Crippen molar-refractivity contribution < 1.29 is 14.3 Å². The van der Waals surface area contributed by atoms with Gasteiger partial charge in [0.2, 0.25) is 0 Å². The molecule has 26 heavy (non-hydrogen) atoms. The molecule has 0 saturated heterocycles. The molecule has 0 aromatic carbocycles. The fraction of sp³-hybridized carbons (Fsp3) is 0.913. The van der Waals surface area contributed by atoms with E-state index in [1.165, 1.54) is 38.5 Å². The van der Waals surface area contributed by atoms with Gasteiger partial charge in [-0.05, 0) is 93.3 Å². The molecule has 4 aliphatic carbocycles. The SMILES string of the molecule is CCOC(=O)C[C@H]1CC[C@@]2(C)C(CCC3C2CC[C@]2(C)C(=O)CCC32)C1. The highest BCUT2D eigenvalue weighted by atomic mass is 16.5. The van der Waals surface area contributed by atoms with Crippen LogP contribution in [0.3, 0.4) is 0 Å². The number of fused-ring (bicyclic) bond motifs is 5. The van der Waals surface area contributed by atoms with Crippen molar-refractivity contribution in [2.24, 2.45) is 40.4 Å². The number of hydrogen-bond acceptors (Lipinski definition) is 3. The van der Waals surface area contributed by atoms with E-state index in [4.69, 9.17) is 4.74 Å². The molecule has 0 bridgehead atoms. The summed E-state index contributed by atoms with van der Waals surface area (Å²) in [7, 11) is 0. The molecule has 0 aromatic heterocycles. The van der Waals surface area contributed by atoms with Gasteiger partial charge in [-0.3, -0.25) is 9.59 Å². The molecule has 3 heteroatoms. The molecule has 4 rings (SSSR count). The van der Waals surface area contributed by atoms with Crippen molar-refractivity contribution in [3.8, 4) is 0 Å². The first-order valence-electron chi connectivity index (χ1n) is 11.1. The number of rotatable bonds is 3. The first-order valence-corrected chi connectivity index (χ1v) is 11.1. The fourth-order valence-corrected chi connectivity index (χ4v) is 7.76. The summed E-state index contributed by atoms with van der Waals surface area (Å²) in [5, 5.41) is 0. The first-order chi connectivity index (χ1) is 12.4. The van der Waals surface area contributed by atoms with Gasteiger partial charge in [0.05, 0.1) is 6.61 Å². The summed E-state index contributed by atoms with van der Waals surface area (Å²) in [5.41, 5.74) is 0.423. The Morgan fingerprint density at radius 1 is 1.08 bits per heavy atom. The zero-order valence-corrected chi connectivity index (χ0v) is 16.9. The van der Waals surface area contributed by atoms with E-state index in [0.29, 0.717) is 36.1 Å². The largest absolute Gasteiger partial charge is 0.466 e. The van der Waals surface area contributed by atoms with Crippen LogP contribution in [0.4, 0.5) is 0 Å². The Labute approximate surface area is 158 Å². The van der Waals surface area contributed by atoms with Gasteiger partial charge in [0.25, 0.3) is 0 Å². The van der Waals surface area contributed by atoms with E-state index >= 15 is 0 Å². The molecule has 0 aliphatic heterocycles. The molecular formula is C23H36O3. The number of hydrogen-bond donors (Lipinski definition) is 0. The summed E-state index contributed by atoms with van der Waals surface area (Å²) in [5.74, 6) is 4.03. The topological polar surface area (TPSA) is 43.4 Å². The van der Waals surface area contributed by atoms with E-state index in [-0.39, 0.29) is 11.4 Å². The molecule has 4 fully saturated rings. The highest BCUT2D eigenvalue weighted by Gasteiger charge is 2.60. The second-order valence-electron chi connectivity index (χ2n) is 10.2. The quantitative estimate of drug-likeness (QED) is 0.652. The molecule has 0 heterocycles. The number of Topliss-reactive ketones (excluding diaryl/α,β-unsaturated/α-hetero) is 1. The summed E-state index contributed by atoms with van der Waals surface area (Å²) in [4.78, 5) is 24.4. The van der Waals surface area contributed by atoms with Crippen molar-refractivity contribution in [3.05, 3.63) is 0 Å². The van der Waals surface area contributed by atoms with Crippen LogP contribution in [0.1, 0.15) is 85.0 Å². The Balaban J connectivity index is 1.47. The van der Waals surface area contributed by atoms with Crippen molar-refractivity contribution in [3.63, 3.8) is 0 Å². The summed E-state index contributed by atoms with van der Waals surface area (Å²) >= 11 is 0. The number of carbonyl (C=O) groups is 2. The minimum atomic E-state index is -0.00846. The lowest BCUT2D eigenvalue weighted by atomic mass is 9.44. The van der Waals surface area contributed by atoms with Crippen LogP contribution in [0.15, 0.2) is 0 Å². The molecule has 0 spiro atoms. The Kier molecular flexibility index (Phi) is 4.72. The molecule has 0 amide bonds. The van der Waals surface area contributed by atoms with E-state index in [1.807, 2.05) is 6.92 Å². The number of ether oxygens (including phenoxy) is 1. The van der Waals surface area contributed by atoms with Crippen molar-refractivity contribution in [1.29, 1.82) is 0 Å². The van der Waals surface area contributed by atoms with Gasteiger partial charge in [0.1, 0.15) is 5.78 Å². The third-order valence-electron chi connectivity index (χ3n) is 9.24. The lowest BCUT2D eigenvalue weighted by Gasteiger charge is -2.60. The summed E-state index contributed by atoms with van der Waals surface area (Å²) in [6.45, 7) is 7.21. The highest BCUT2D eigenvalue weighted by Crippen LogP contribution is 2.66. The molecule has 3 nitrogen and oxygen atoms in total. The van der Waals surface area contributed by atoms with Gasteiger partial charge in [-0.25, -0.2) is 0 Å². The van der Waals surface area contributed by atoms with Crippen LogP contribution < -0.4 is 0 Å². The van der Waals surface area contributed by atoms with E-state index in [9.17, 15) is 9.59 Å². The minimum Gasteiger partial charge on any atom is -0.466 e. The van der Waals surface area contributed by atoms with Gasteiger partial charge in [0.15, 0.2) is 0 Å². The van der Waals surface area contributed by atoms with Crippen molar-refractivity contribution >= 4 is 11.8 Å². The van der Waals surface area contributed by atoms with Crippen LogP contribution in [0.2, 0.25) is 0 Å². The molecular weight excluding hydrogens is 324 g/mol. The van der Waals surface area contributed by atoms with Crippen LogP contribution in [-0.2, 0) is 14.3 Å². The van der Waals surface area contributed by atoms with Crippen LogP contribution in [0.25, 0.3) is 0 Å². The number of carbonyl (C=O) groups excluding carboxylic acids is 2. The predicted molar refractivity (Wildman–Crippen MR) is 101 cm³/mol. The first kappa shape index (κ1) is 18.5. The van der Waals surface area contributed by atoms with Gasteiger partial charge in [0, 0.05) is 18.3 Å². The molecule has 4 unspecified atom stereocenters. The standard InChI is InChI=1S/C23H36O3/c1-4-26-21(25)14-15-9-11-22(2)16(13-15)5-6-17-18-7-8-20(24)23(18,3)12-10-19(17)22/h15-19H,4-14H2,1-3H3/t15-,16?,17?,18?,19?,22-,23-/m0/s1. The van der Waals surface area contributed by atoms with Crippen molar-refractivity contribution in [2.45, 2.75) is 85.0 Å². The normalized spacial score (nSPS) is 47.7. The Morgan fingerprint density at radius 2 is 1.88 bits per heavy atom. The van der Waals surface area contributed by atoms with E-state index in [0.717, 1.165) is 37.0 Å². The molecule has 4 aliphatic rings. The Bertz CT molecular complexity index is 584. The number of esters is 1. The van der Waals surface area contributed by atoms with Crippen molar-refractivity contribution in [2.75, 3.05) is 6.61 Å². The maximum absolute atomic E-state index is 12.5. The second-order valence-corrected chi connectivity index (χ2v) is 10.2. The van der Waals surface area contributed by atoms with Crippen LogP contribution in [0, 0.1) is 40.4 Å². The highest BCUT2D eigenvalue weighted by molar-refractivity contribution is 5.87. The van der Waals surface area contributed by atoms with Gasteiger partial charge >= 0.3 is 5.97 Å². The van der Waals surface area contributed by atoms with Crippen molar-refractivity contribution in [1.82, 2.24) is 0 Å². The Morgan fingerprint density at radius 3 is 2.65 bits per heavy atom. The van der Waals surface area contributed by atoms with E-state index in [1.54, 1.807) is 0 Å². The van der Waals surface area contributed by atoms with Crippen LogP contribution in [-0.4, -0.2) is 18.4 Å². The summed E-state index contributed by atoms with van der Waals surface area (Å²) < 4.78 is 5.19. The smallest absolute Gasteiger partial charge is 0.306 e. The van der Waals surface area contributed by atoms with Gasteiger partial charge in [-0.1, -0.05) is 13.8 Å². The minimum absolute atomic E-state index is 0.00677. The molecule has 0 aromatic rings. The molecule has 7 atom stereocenters. The maximum atomic E-state index is 12.5. The molecule has 4 saturated carbocycles. The third-order valence-corrected chi connectivity index (χ3v) is 9.24. The van der Waals surface area contributed by atoms with Crippen LogP contribution >= 0.6 is 0 Å². The second kappa shape index (κ2) is 6.63. The lowest BCUT2D eigenvalue weighted by Crippen LogP contribution is -2.53. The van der Waals surface area contributed by atoms with E-state index in [2.05, 4.69) is 13.8 Å². The zero-order chi connectivity index (χ0) is 18.5. The number of ketones is 1. The fourth-order valence-electron chi connectivity index (χ4n) is 7.76. The monoisotopic (exact) mass is 360 g/mol. The zero-order valence-electron chi connectivity index (χ0n) is 16.9. The van der Waals surface area contributed by atoms with Gasteiger partial charge in [-0.15, -0.1) is 0 Å². The lowest BCUT2D eigenvalue weighted by molar-refractivity contribution is -0.148. The third kappa shape index (κ3) is 2.76. The summed E-state index contributed by atoms with van der Waals surface area (Å²) in [6.07, 6.45) is 11.2. The van der Waals surface area contributed by atoms with Gasteiger partial charge in [-0.2, -0.15) is 0 Å². The average Bonchev–Trinajstić information content (AvgIpc) is 2.91. The predicted octanol–water partition coefficient (Wildman–Crippen LogP) is 5.17.